The average Bonchev–Trinajstić information content (AvgIpc) is 2.88. The Morgan fingerprint density at radius 2 is 0.914 bits per heavy atom. The lowest BCUT2D eigenvalue weighted by Gasteiger charge is -2.15. The molecule has 0 aliphatic carbocycles. The van der Waals surface area contributed by atoms with Crippen molar-refractivity contribution in [3.63, 3.8) is 0 Å². The van der Waals surface area contributed by atoms with Gasteiger partial charge in [0.15, 0.2) is 17.5 Å². The number of aryl methyl sites for hydroxylation is 3. The summed E-state index contributed by atoms with van der Waals surface area (Å²) in [5.74, 6) is 2.15. The Kier molecular flexibility index (Phi) is 10.5. The standard InChI is InChI=1S/C28H29N3.2CH4S/c1-16-9-8-10-23(15-16)26-29-27(24-13-11-17(2)19(4)21(24)6)31-28(30-26)25-14-12-18(3)20(5)22(25)7;2*1-2/h8-15H,1-7H3;2*2H,1H3. The zero-order valence-electron chi connectivity index (χ0n) is 22.4. The van der Waals surface area contributed by atoms with Gasteiger partial charge < -0.3 is 0 Å². The fraction of sp³-hybridized carbons (Fsp3) is 0.300. The van der Waals surface area contributed by atoms with Crippen LogP contribution in [0.5, 0.6) is 0 Å². The molecule has 5 heteroatoms. The summed E-state index contributed by atoms with van der Waals surface area (Å²) in [4.78, 5) is 14.8. The number of benzene rings is 3. The van der Waals surface area contributed by atoms with Crippen molar-refractivity contribution in [1.29, 1.82) is 0 Å². The highest BCUT2D eigenvalue weighted by Crippen LogP contribution is 2.31. The van der Waals surface area contributed by atoms with E-state index >= 15 is 0 Å². The van der Waals surface area contributed by atoms with Crippen molar-refractivity contribution in [2.45, 2.75) is 48.5 Å². The van der Waals surface area contributed by atoms with Gasteiger partial charge in [-0.1, -0.05) is 48.0 Å². The molecule has 184 valence electrons. The van der Waals surface area contributed by atoms with Crippen LogP contribution in [0.3, 0.4) is 0 Å². The smallest absolute Gasteiger partial charge is 0.164 e. The zero-order valence-corrected chi connectivity index (χ0v) is 24.1. The van der Waals surface area contributed by atoms with Crippen LogP contribution in [-0.4, -0.2) is 27.5 Å². The van der Waals surface area contributed by atoms with E-state index in [0.717, 1.165) is 28.3 Å². The Balaban J connectivity index is 0.00000103. The van der Waals surface area contributed by atoms with Gasteiger partial charge in [-0.05, 0) is 100 Å². The third-order valence-electron chi connectivity index (χ3n) is 6.51. The quantitative estimate of drug-likeness (QED) is 0.277. The Hall–Kier alpha value is -2.63. The maximum absolute atomic E-state index is 4.96. The van der Waals surface area contributed by atoms with Gasteiger partial charge in [0.25, 0.3) is 0 Å². The molecule has 0 saturated heterocycles. The normalized spacial score (nSPS) is 10.1. The summed E-state index contributed by atoms with van der Waals surface area (Å²) < 4.78 is 0. The first-order valence-corrected chi connectivity index (χ1v) is 13.4. The molecule has 1 heterocycles. The van der Waals surface area contributed by atoms with Gasteiger partial charge in [0, 0.05) is 16.7 Å². The first-order valence-electron chi connectivity index (χ1n) is 11.6. The molecular formula is C30H37N3S2. The van der Waals surface area contributed by atoms with Crippen molar-refractivity contribution in [2.75, 3.05) is 12.5 Å². The lowest BCUT2D eigenvalue weighted by molar-refractivity contribution is 1.06. The van der Waals surface area contributed by atoms with Crippen LogP contribution in [0.25, 0.3) is 34.2 Å². The van der Waals surface area contributed by atoms with Crippen LogP contribution < -0.4 is 0 Å². The largest absolute Gasteiger partial charge is 0.208 e. The van der Waals surface area contributed by atoms with Gasteiger partial charge >= 0.3 is 0 Å². The minimum absolute atomic E-state index is 0.707. The van der Waals surface area contributed by atoms with Crippen molar-refractivity contribution in [2.24, 2.45) is 0 Å². The first kappa shape index (κ1) is 28.6. The number of rotatable bonds is 3. The summed E-state index contributed by atoms with van der Waals surface area (Å²) in [6.07, 6.45) is 3.39. The van der Waals surface area contributed by atoms with Crippen LogP contribution in [-0.2, 0) is 0 Å². The number of nitrogens with zero attached hydrogens (tertiary/aromatic N) is 3. The molecule has 0 saturated carbocycles. The molecule has 4 rings (SSSR count). The van der Waals surface area contributed by atoms with E-state index in [1.54, 1.807) is 12.5 Å². The minimum Gasteiger partial charge on any atom is -0.208 e. The maximum Gasteiger partial charge on any atom is 0.164 e. The molecule has 0 fully saturated rings. The predicted molar refractivity (Wildman–Crippen MR) is 159 cm³/mol. The van der Waals surface area contributed by atoms with E-state index in [9.17, 15) is 0 Å². The van der Waals surface area contributed by atoms with Crippen LogP contribution in [0.2, 0.25) is 0 Å². The molecule has 0 spiro atoms. The molecule has 3 nitrogen and oxygen atoms in total. The van der Waals surface area contributed by atoms with E-state index < -0.39 is 0 Å². The summed E-state index contributed by atoms with van der Waals surface area (Å²) in [6.45, 7) is 15.0. The lowest BCUT2D eigenvalue weighted by atomic mass is 9.97. The predicted octanol–water partition coefficient (Wildman–Crippen LogP) is 8.12. The molecule has 0 atom stereocenters. The highest BCUT2D eigenvalue weighted by atomic mass is 32.1. The molecule has 0 radical (unpaired) electrons. The molecule has 1 aromatic heterocycles. The van der Waals surface area contributed by atoms with Crippen LogP contribution in [0.1, 0.15) is 38.9 Å². The molecular weight excluding hydrogens is 466 g/mol. The van der Waals surface area contributed by atoms with Crippen molar-refractivity contribution in [3.05, 3.63) is 87.5 Å². The highest BCUT2D eigenvalue weighted by molar-refractivity contribution is 7.79. The van der Waals surface area contributed by atoms with Gasteiger partial charge in [0.2, 0.25) is 0 Å². The van der Waals surface area contributed by atoms with Gasteiger partial charge in [0.1, 0.15) is 0 Å². The summed E-state index contributed by atoms with van der Waals surface area (Å²) in [7, 11) is 0. The zero-order chi connectivity index (χ0) is 26.3. The van der Waals surface area contributed by atoms with Gasteiger partial charge in [-0.3, -0.25) is 0 Å². The van der Waals surface area contributed by atoms with E-state index in [1.807, 2.05) is 0 Å². The fourth-order valence-electron chi connectivity index (χ4n) is 3.93. The van der Waals surface area contributed by atoms with Gasteiger partial charge in [-0.25, -0.2) is 15.0 Å². The third-order valence-corrected chi connectivity index (χ3v) is 6.51. The Bertz CT molecular complexity index is 1240. The van der Waals surface area contributed by atoms with E-state index in [4.69, 9.17) is 15.0 Å². The molecule has 35 heavy (non-hydrogen) atoms. The molecule has 0 amide bonds. The number of hydrogen-bond donors (Lipinski definition) is 2. The third kappa shape index (κ3) is 6.33. The molecule has 0 aliphatic rings. The number of thiol groups is 2. The molecule has 3 aromatic carbocycles. The highest BCUT2D eigenvalue weighted by Gasteiger charge is 2.17. The molecule has 0 aliphatic heterocycles. The second-order valence-corrected chi connectivity index (χ2v) is 8.54. The molecule has 0 unspecified atom stereocenters. The Morgan fingerprint density at radius 1 is 0.486 bits per heavy atom. The van der Waals surface area contributed by atoms with Gasteiger partial charge in [0.05, 0.1) is 0 Å². The molecule has 4 aromatic rings. The van der Waals surface area contributed by atoms with Crippen LogP contribution in [0.15, 0.2) is 48.5 Å². The van der Waals surface area contributed by atoms with E-state index in [0.29, 0.717) is 5.82 Å². The Morgan fingerprint density at radius 3 is 1.34 bits per heavy atom. The first-order chi connectivity index (χ1) is 16.8. The topological polar surface area (TPSA) is 38.7 Å². The molecule has 0 bridgehead atoms. The van der Waals surface area contributed by atoms with Crippen molar-refractivity contribution in [1.82, 2.24) is 15.0 Å². The van der Waals surface area contributed by atoms with Gasteiger partial charge in [-0.2, -0.15) is 25.3 Å². The fourth-order valence-corrected chi connectivity index (χ4v) is 3.93. The van der Waals surface area contributed by atoms with Crippen LogP contribution >= 0.6 is 25.3 Å². The second-order valence-electron chi connectivity index (χ2n) is 8.54. The van der Waals surface area contributed by atoms with E-state index in [1.165, 1.54) is 38.9 Å². The van der Waals surface area contributed by atoms with E-state index in [2.05, 4.69) is 122 Å². The maximum atomic E-state index is 4.96. The number of hydrogen-bond acceptors (Lipinski definition) is 5. The van der Waals surface area contributed by atoms with Crippen LogP contribution in [0.4, 0.5) is 0 Å². The summed E-state index contributed by atoms with van der Waals surface area (Å²) in [5.41, 5.74) is 11.8. The monoisotopic (exact) mass is 503 g/mol. The van der Waals surface area contributed by atoms with Crippen molar-refractivity contribution < 1.29 is 0 Å². The second kappa shape index (κ2) is 12.9. The summed E-state index contributed by atoms with van der Waals surface area (Å²) >= 11 is 7.06. The summed E-state index contributed by atoms with van der Waals surface area (Å²) in [5, 5.41) is 0. The van der Waals surface area contributed by atoms with Crippen molar-refractivity contribution >= 4 is 25.3 Å². The van der Waals surface area contributed by atoms with Gasteiger partial charge in [-0.15, -0.1) is 0 Å². The van der Waals surface area contributed by atoms with E-state index in [-0.39, 0.29) is 0 Å². The van der Waals surface area contributed by atoms with Crippen molar-refractivity contribution in [3.8, 4) is 34.2 Å². The minimum atomic E-state index is 0.707. The van der Waals surface area contributed by atoms with Crippen LogP contribution in [0, 0.1) is 48.5 Å². The summed E-state index contributed by atoms with van der Waals surface area (Å²) in [6, 6.07) is 16.9. The Labute approximate surface area is 222 Å². The number of aromatic nitrogens is 3. The SMILES string of the molecule is CS.CS.Cc1cccc(-c2nc(-c3ccc(C)c(C)c3C)nc(-c3ccc(C)c(C)c3C)n2)c1. The molecule has 0 N–H and O–H groups in total. The average molecular weight is 504 g/mol. The lowest BCUT2D eigenvalue weighted by Crippen LogP contribution is -2.03.